The molecule has 2 unspecified atom stereocenters. The minimum Gasteiger partial charge on any atom is -0.383 e. The first-order valence-electron chi connectivity index (χ1n) is 6.90. The van der Waals surface area contributed by atoms with E-state index in [4.69, 9.17) is 4.74 Å². The van der Waals surface area contributed by atoms with E-state index in [2.05, 4.69) is 12.2 Å². The Morgan fingerprint density at radius 3 is 2.53 bits per heavy atom. The Bertz CT molecular complexity index is 330. The van der Waals surface area contributed by atoms with Crippen molar-refractivity contribution in [3.05, 3.63) is 0 Å². The molecule has 0 aromatic heterocycles. The second kappa shape index (κ2) is 6.37. The summed E-state index contributed by atoms with van der Waals surface area (Å²) in [5.41, 5.74) is -0.282. The van der Waals surface area contributed by atoms with E-state index in [-0.39, 0.29) is 29.8 Å². The Kier molecular flexibility index (Phi) is 5.35. The van der Waals surface area contributed by atoms with Gasteiger partial charge < -0.3 is 15.0 Å². The average Bonchev–Trinajstić information content (AvgIpc) is 2.30. The molecule has 0 aliphatic carbocycles. The van der Waals surface area contributed by atoms with Crippen LogP contribution < -0.4 is 5.32 Å². The molecule has 0 spiro atoms. The van der Waals surface area contributed by atoms with E-state index < -0.39 is 6.04 Å². The van der Waals surface area contributed by atoms with Gasteiger partial charge in [0.2, 0.25) is 11.8 Å². The first-order chi connectivity index (χ1) is 8.81. The smallest absolute Gasteiger partial charge is 0.246 e. The van der Waals surface area contributed by atoms with Crippen molar-refractivity contribution in [3.8, 4) is 0 Å². The molecule has 110 valence electrons. The summed E-state index contributed by atoms with van der Waals surface area (Å²) in [6.45, 7) is 8.57. The fourth-order valence-corrected chi connectivity index (χ4v) is 2.42. The Morgan fingerprint density at radius 1 is 1.42 bits per heavy atom. The van der Waals surface area contributed by atoms with E-state index in [1.165, 1.54) is 0 Å². The standard InChI is InChI=1S/C14H26N2O3/c1-6-7-10(9-19-5)16-8-11(17)15-12(13(16)18)14(2,3)4/h10,12H,6-9H2,1-5H3,(H,15,17). The van der Waals surface area contributed by atoms with Crippen molar-refractivity contribution < 1.29 is 14.3 Å². The second-order valence-corrected chi connectivity index (χ2v) is 6.23. The van der Waals surface area contributed by atoms with Gasteiger partial charge in [-0.1, -0.05) is 34.1 Å². The summed E-state index contributed by atoms with van der Waals surface area (Å²) < 4.78 is 5.19. The van der Waals surface area contributed by atoms with Crippen LogP contribution in [0.15, 0.2) is 0 Å². The van der Waals surface area contributed by atoms with Crippen LogP contribution in [-0.4, -0.2) is 49.1 Å². The van der Waals surface area contributed by atoms with Gasteiger partial charge in [-0.2, -0.15) is 0 Å². The lowest BCUT2D eigenvalue weighted by atomic mass is 9.84. The van der Waals surface area contributed by atoms with Crippen molar-refractivity contribution in [1.29, 1.82) is 0 Å². The number of amides is 2. The highest BCUT2D eigenvalue weighted by Gasteiger charge is 2.41. The minimum atomic E-state index is -0.454. The summed E-state index contributed by atoms with van der Waals surface area (Å²) in [6.07, 6.45) is 1.81. The largest absolute Gasteiger partial charge is 0.383 e. The molecule has 1 rings (SSSR count). The van der Waals surface area contributed by atoms with Gasteiger partial charge >= 0.3 is 0 Å². The number of hydrogen-bond acceptors (Lipinski definition) is 3. The van der Waals surface area contributed by atoms with E-state index in [0.717, 1.165) is 12.8 Å². The van der Waals surface area contributed by atoms with Crippen molar-refractivity contribution in [1.82, 2.24) is 10.2 Å². The molecule has 1 heterocycles. The van der Waals surface area contributed by atoms with E-state index in [9.17, 15) is 9.59 Å². The molecule has 0 bridgehead atoms. The molecule has 0 radical (unpaired) electrons. The summed E-state index contributed by atoms with van der Waals surface area (Å²) in [5.74, 6) is -0.0840. The lowest BCUT2D eigenvalue weighted by Gasteiger charge is -2.42. The highest BCUT2D eigenvalue weighted by Crippen LogP contribution is 2.25. The molecule has 5 heteroatoms. The Morgan fingerprint density at radius 2 is 2.05 bits per heavy atom. The molecular weight excluding hydrogens is 244 g/mol. The highest BCUT2D eigenvalue weighted by atomic mass is 16.5. The zero-order valence-electron chi connectivity index (χ0n) is 12.7. The number of carbonyl (C=O) groups is 2. The zero-order chi connectivity index (χ0) is 14.6. The molecule has 5 nitrogen and oxygen atoms in total. The molecule has 0 saturated carbocycles. The van der Waals surface area contributed by atoms with Crippen LogP contribution in [0.1, 0.15) is 40.5 Å². The average molecular weight is 270 g/mol. The molecule has 1 aliphatic rings. The van der Waals surface area contributed by atoms with Gasteiger partial charge in [-0.25, -0.2) is 0 Å². The summed E-state index contributed by atoms with van der Waals surface area (Å²) in [4.78, 5) is 26.1. The maximum Gasteiger partial charge on any atom is 0.246 e. The lowest BCUT2D eigenvalue weighted by molar-refractivity contribution is -0.151. The van der Waals surface area contributed by atoms with Gasteiger partial charge in [-0.05, 0) is 11.8 Å². The molecule has 1 N–H and O–H groups in total. The van der Waals surface area contributed by atoms with E-state index >= 15 is 0 Å². The van der Waals surface area contributed by atoms with Crippen molar-refractivity contribution in [2.45, 2.75) is 52.6 Å². The summed E-state index contributed by atoms with van der Waals surface area (Å²) in [6, 6.07) is -0.469. The van der Waals surface area contributed by atoms with Gasteiger partial charge in [0.25, 0.3) is 0 Å². The maximum absolute atomic E-state index is 12.6. The van der Waals surface area contributed by atoms with Gasteiger partial charge in [-0.15, -0.1) is 0 Å². The van der Waals surface area contributed by atoms with Crippen molar-refractivity contribution in [3.63, 3.8) is 0 Å². The molecule has 0 aromatic rings. The van der Waals surface area contributed by atoms with Gasteiger partial charge in [0, 0.05) is 7.11 Å². The first kappa shape index (κ1) is 16.0. The van der Waals surface area contributed by atoms with Gasteiger partial charge in [-0.3, -0.25) is 9.59 Å². The summed E-state index contributed by atoms with van der Waals surface area (Å²) >= 11 is 0. The fraction of sp³-hybridized carbons (Fsp3) is 0.857. The number of nitrogens with one attached hydrogen (secondary N) is 1. The van der Waals surface area contributed by atoms with Gasteiger partial charge in [0.05, 0.1) is 19.2 Å². The SMILES string of the molecule is CCCC(COC)N1CC(=O)NC(C(C)(C)C)C1=O. The normalized spacial score (nSPS) is 22.4. The van der Waals surface area contributed by atoms with Crippen LogP contribution >= 0.6 is 0 Å². The van der Waals surface area contributed by atoms with Gasteiger partial charge in [0.15, 0.2) is 0 Å². The monoisotopic (exact) mass is 270 g/mol. The van der Waals surface area contributed by atoms with E-state index in [1.807, 2.05) is 20.8 Å². The Balaban J connectivity index is 2.92. The van der Waals surface area contributed by atoms with Crippen LogP contribution in [-0.2, 0) is 14.3 Å². The van der Waals surface area contributed by atoms with Crippen LogP contribution in [0.2, 0.25) is 0 Å². The third-order valence-electron chi connectivity index (χ3n) is 3.44. The molecular formula is C14H26N2O3. The predicted octanol–water partition coefficient (Wildman–Crippen LogP) is 1.17. The number of piperazine rings is 1. The first-order valence-corrected chi connectivity index (χ1v) is 6.90. The number of rotatable bonds is 5. The maximum atomic E-state index is 12.6. The van der Waals surface area contributed by atoms with Crippen LogP contribution in [0.5, 0.6) is 0 Å². The second-order valence-electron chi connectivity index (χ2n) is 6.23. The fourth-order valence-electron chi connectivity index (χ4n) is 2.42. The molecule has 2 amide bonds. The topological polar surface area (TPSA) is 58.6 Å². The lowest BCUT2D eigenvalue weighted by Crippen LogP contribution is -2.64. The summed E-state index contributed by atoms with van der Waals surface area (Å²) in [5, 5.41) is 2.80. The Labute approximate surface area is 115 Å². The number of methoxy groups -OCH3 is 1. The van der Waals surface area contributed by atoms with Crippen molar-refractivity contribution >= 4 is 11.8 Å². The Hall–Kier alpha value is -1.10. The molecule has 1 aliphatic heterocycles. The zero-order valence-corrected chi connectivity index (χ0v) is 12.7. The number of hydrogen-bond donors (Lipinski definition) is 1. The van der Waals surface area contributed by atoms with E-state index in [0.29, 0.717) is 6.61 Å². The molecule has 2 atom stereocenters. The predicted molar refractivity (Wildman–Crippen MR) is 73.7 cm³/mol. The quantitative estimate of drug-likeness (QED) is 0.816. The highest BCUT2D eigenvalue weighted by molar-refractivity contribution is 5.95. The van der Waals surface area contributed by atoms with Crippen LogP contribution in [0, 0.1) is 5.41 Å². The van der Waals surface area contributed by atoms with Crippen LogP contribution in [0.3, 0.4) is 0 Å². The number of carbonyl (C=O) groups excluding carboxylic acids is 2. The molecule has 19 heavy (non-hydrogen) atoms. The van der Waals surface area contributed by atoms with Crippen molar-refractivity contribution in [2.75, 3.05) is 20.3 Å². The number of ether oxygens (including phenoxy) is 1. The van der Waals surface area contributed by atoms with E-state index in [1.54, 1.807) is 12.0 Å². The molecule has 1 fully saturated rings. The summed E-state index contributed by atoms with van der Waals surface area (Å²) in [7, 11) is 1.62. The molecule has 1 saturated heterocycles. The van der Waals surface area contributed by atoms with Crippen LogP contribution in [0.25, 0.3) is 0 Å². The van der Waals surface area contributed by atoms with Gasteiger partial charge in [0.1, 0.15) is 6.04 Å². The van der Waals surface area contributed by atoms with Crippen molar-refractivity contribution in [2.24, 2.45) is 5.41 Å². The van der Waals surface area contributed by atoms with Crippen LogP contribution in [0.4, 0.5) is 0 Å². The molecule has 0 aromatic carbocycles. The third kappa shape index (κ3) is 3.93. The number of nitrogens with zero attached hydrogens (tertiary/aromatic N) is 1. The third-order valence-corrected chi connectivity index (χ3v) is 3.44. The minimum absolute atomic E-state index is 0.00241.